The van der Waals surface area contributed by atoms with E-state index in [-0.39, 0.29) is 5.91 Å². The molecule has 172 valence electrons. The highest BCUT2D eigenvalue weighted by Gasteiger charge is 2.14. The molecular formula is C25H28N4O4. The molecule has 0 spiro atoms. The van der Waals surface area contributed by atoms with Crippen molar-refractivity contribution in [1.82, 2.24) is 14.9 Å². The highest BCUT2D eigenvalue weighted by molar-refractivity contribution is 6.06. The van der Waals surface area contributed by atoms with Gasteiger partial charge in [0.15, 0.2) is 0 Å². The molecule has 1 aliphatic heterocycles. The van der Waals surface area contributed by atoms with Crippen molar-refractivity contribution in [3.05, 3.63) is 80.5 Å². The second-order valence-electron chi connectivity index (χ2n) is 8.18. The van der Waals surface area contributed by atoms with Crippen molar-refractivity contribution in [2.75, 3.05) is 31.6 Å². The van der Waals surface area contributed by atoms with Crippen LogP contribution in [0.3, 0.4) is 0 Å². The summed E-state index contributed by atoms with van der Waals surface area (Å²) >= 11 is 0. The minimum absolute atomic E-state index is 0.299. The molecule has 33 heavy (non-hydrogen) atoms. The van der Waals surface area contributed by atoms with E-state index in [1.807, 2.05) is 0 Å². The third-order valence-corrected chi connectivity index (χ3v) is 5.87. The van der Waals surface area contributed by atoms with Crippen molar-refractivity contribution in [3.63, 3.8) is 0 Å². The van der Waals surface area contributed by atoms with Crippen LogP contribution in [0.1, 0.15) is 35.2 Å². The minimum Gasteiger partial charge on any atom is -0.492 e. The lowest BCUT2D eigenvalue weighted by atomic mass is 10.1. The summed E-state index contributed by atoms with van der Waals surface area (Å²) in [5.74, 6) is 0.424. The standard InChI is InChI=1S/C25H28N4O4/c1-17-22(27-25(32)28-23(17)30)20-7-3-4-8-21(20)26-24(31)18-9-11-19(12-10-18)33-16-15-29-13-5-2-6-14-29/h3-4,7-12H,2,5-6,13-16H2,1H3,(H,26,31)(H2,27,28,30,32). The molecule has 2 aromatic carbocycles. The van der Waals surface area contributed by atoms with Crippen molar-refractivity contribution >= 4 is 11.6 Å². The fourth-order valence-corrected chi connectivity index (χ4v) is 4.00. The number of anilines is 1. The predicted octanol–water partition coefficient (Wildman–Crippen LogP) is 3.16. The molecule has 0 radical (unpaired) electrons. The van der Waals surface area contributed by atoms with Gasteiger partial charge in [-0.05, 0) is 63.2 Å². The third kappa shape index (κ3) is 5.59. The van der Waals surface area contributed by atoms with Gasteiger partial charge >= 0.3 is 5.69 Å². The number of nitrogens with one attached hydrogen (secondary N) is 3. The summed E-state index contributed by atoms with van der Waals surface area (Å²) in [6, 6.07) is 14.0. The number of likely N-dealkylation sites (tertiary alicyclic amines) is 1. The van der Waals surface area contributed by atoms with Gasteiger partial charge in [0.1, 0.15) is 12.4 Å². The molecule has 4 rings (SSSR count). The molecule has 1 amide bonds. The van der Waals surface area contributed by atoms with Gasteiger partial charge in [-0.2, -0.15) is 0 Å². The Morgan fingerprint density at radius 1 is 1.00 bits per heavy atom. The summed E-state index contributed by atoms with van der Waals surface area (Å²) in [5, 5.41) is 2.88. The third-order valence-electron chi connectivity index (χ3n) is 5.87. The van der Waals surface area contributed by atoms with E-state index < -0.39 is 11.2 Å². The molecule has 8 nitrogen and oxygen atoms in total. The van der Waals surface area contributed by atoms with Gasteiger partial charge in [0, 0.05) is 23.2 Å². The van der Waals surface area contributed by atoms with Crippen LogP contribution >= 0.6 is 0 Å². The van der Waals surface area contributed by atoms with Gasteiger partial charge in [-0.1, -0.05) is 24.6 Å². The molecule has 0 aliphatic carbocycles. The minimum atomic E-state index is -0.599. The van der Waals surface area contributed by atoms with E-state index in [2.05, 4.69) is 20.2 Å². The Hall–Kier alpha value is -3.65. The van der Waals surface area contributed by atoms with Crippen molar-refractivity contribution < 1.29 is 9.53 Å². The highest BCUT2D eigenvalue weighted by Crippen LogP contribution is 2.27. The normalized spacial score (nSPS) is 14.1. The lowest BCUT2D eigenvalue weighted by molar-refractivity contribution is 0.102. The topological polar surface area (TPSA) is 107 Å². The quantitative estimate of drug-likeness (QED) is 0.515. The molecule has 0 unspecified atom stereocenters. The molecule has 0 atom stereocenters. The van der Waals surface area contributed by atoms with Gasteiger partial charge in [-0.25, -0.2) is 4.79 Å². The Labute approximate surface area is 191 Å². The SMILES string of the molecule is Cc1c(-c2ccccc2NC(=O)c2ccc(OCCN3CCCCC3)cc2)[nH]c(=O)[nH]c1=O. The van der Waals surface area contributed by atoms with E-state index in [0.29, 0.717) is 34.7 Å². The Morgan fingerprint density at radius 2 is 1.73 bits per heavy atom. The number of aromatic nitrogens is 2. The monoisotopic (exact) mass is 448 g/mol. The molecule has 0 saturated carbocycles. The van der Waals surface area contributed by atoms with Gasteiger partial charge < -0.3 is 15.0 Å². The highest BCUT2D eigenvalue weighted by atomic mass is 16.5. The maximum Gasteiger partial charge on any atom is 0.326 e. The summed E-state index contributed by atoms with van der Waals surface area (Å²) in [4.78, 5) is 43.9. The van der Waals surface area contributed by atoms with E-state index in [4.69, 9.17) is 4.74 Å². The van der Waals surface area contributed by atoms with Crippen LogP contribution in [0, 0.1) is 6.92 Å². The Bertz CT molecular complexity index is 1220. The lowest BCUT2D eigenvalue weighted by Gasteiger charge is -2.26. The first-order valence-electron chi connectivity index (χ1n) is 11.2. The molecular weight excluding hydrogens is 420 g/mol. The maximum absolute atomic E-state index is 12.8. The number of H-pyrrole nitrogens is 2. The maximum atomic E-state index is 12.8. The Morgan fingerprint density at radius 3 is 2.48 bits per heavy atom. The molecule has 0 bridgehead atoms. The van der Waals surface area contributed by atoms with Crippen molar-refractivity contribution in [3.8, 4) is 17.0 Å². The summed E-state index contributed by atoms with van der Waals surface area (Å²) in [6.07, 6.45) is 3.82. The van der Waals surface area contributed by atoms with E-state index in [1.54, 1.807) is 55.5 Å². The number of carbonyl (C=O) groups is 1. The Balaban J connectivity index is 1.43. The first-order valence-corrected chi connectivity index (χ1v) is 11.2. The van der Waals surface area contributed by atoms with Gasteiger partial charge in [0.2, 0.25) is 0 Å². The number of hydrogen-bond donors (Lipinski definition) is 3. The van der Waals surface area contributed by atoms with E-state index in [1.165, 1.54) is 19.3 Å². The zero-order valence-corrected chi connectivity index (χ0v) is 18.6. The average Bonchev–Trinajstić information content (AvgIpc) is 2.83. The molecule has 3 N–H and O–H groups in total. The number of piperidine rings is 1. The van der Waals surface area contributed by atoms with Crippen LogP contribution in [-0.2, 0) is 0 Å². The molecule has 3 aromatic rings. The van der Waals surface area contributed by atoms with Crippen LogP contribution in [0.4, 0.5) is 5.69 Å². The van der Waals surface area contributed by atoms with Crippen LogP contribution in [0.2, 0.25) is 0 Å². The fraction of sp³-hybridized carbons (Fsp3) is 0.320. The van der Waals surface area contributed by atoms with Crippen LogP contribution < -0.4 is 21.3 Å². The summed E-state index contributed by atoms with van der Waals surface area (Å²) in [6.45, 7) is 5.41. The van der Waals surface area contributed by atoms with Gasteiger partial charge in [0.25, 0.3) is 11.5 Å². The van der Waals surface area contributed by atoms with E-state index >= 15 is 0 Å². The lowest BCUT2D eigenvalue weighted by Crippen LogP contribution is -2.33. The smallest absolute Gasteiger partial charge is 0.326 e. The zero-order valence-electron chi connectivity index (χ0n) is 18.6. The van der Waals surface area contributed by atoms with Crippen LogP contribution in [0.15, 0.2) is 58.1 Å². The molecule has 1 aromatic heterocycles. The molecule has 1 aliphatic rings. The summed E-state index contributed by atoms with van der Waals surface area (Å²) in [7, 11) is 0. The average molecular weight is 449 g/mol. The van der Waals surface area contributed by atoms with Crippen LogP contribution in [0.25, 0.3) is 11.3 Å². The predicted molar refractivity (Wildman–Crippen MR) is 128 cm³/mol. The number of nitrogens with zero attached hydrogens (tertiary/aromatic N) is 1. The number of benzene rings is 2. The van der Waals surface area contributed by atoms with Gasteiger partial charge in [0.05, 0.1) is 11.4 Å². The number of carbonyl (C=O) groups excluding carboxylic acids is 1. The first kappa shape index (κ1) is 22.5. The molecule has 2 heterocycles. The summed E-state index contributed by atoms with van der Waals surface area (Å²) in [5.41, 5.74) is 1.20. The number of rotatable bonds is 7. The molecule has 1 fully saturated rings. The number of hydrogen-bond acceptors (Lipinski definition) is 5. The second kappa shape index (κ2) is 10.3. The fourth-order valence-electron chi connectivity index (χ4n) is 4.00. The molecule has 1 saturated heterocycles. The number of amides is 1. The number of aromatic amines is 2. The van der Waals surface area contributed by atoms with Crippen molar-refractivity contribution in [1.29, 1.82) is 0 Å². The largest absolute Gasteiger partial charge is 0.492 e. The zero-order chi connectivity index (χ0) is 23.2. The van der Waals surface area contributed by atoms with Crippen molar-refractivity contribution in [2.24, 2.45) is 0 Å². The Kier molecular flexibility index (Phi) is 7.04. The number of ether oxygens (including phenoxy) is 1. The van der Waals surface area contributed by atoms with E-state index in [9.17, 15) is 14.4 Å². The molecule has 8 heteroatoms. The first-order chi connectivity index (χ1) is 16.0. The van der Waals surface area contributed by atoms with Crippen LogP contribution in [-0.4, -0.2) is 47.0 Å². The second-order valence-corrected chi connectivity index (χ2v) is 8.18. The van der Waals surface area contributed by atoms with E-state index in [0.717, 1.165) is 25.4 Å². The van der Waals surface area contributed by atoms with Gasteiger partial charge in [-0.15, -0.1) is 0 Å². The van der Waals surface area contributed by atoms with Gasteiger partial charge in [-0.3, -0.25) is 19.5 Å². The van der Waals surface area contributed by atoms with Crippen LogP contribution in [0.5, 0.6) is 5.75 Å². The number of para-hydroxylation sites is 1. The summed E-state index contributed by atoms with van der Waals surface area (Å²) < 4.78 is 5.83. The van der Waals surface area contributed by atoms with Crippen molar-refractivity contribution in [2.45, 2.75) is 26.2 Å².